The number of rotatable bonds is 8. The molecule has 1 aromatic rings. The van der Waals surface area contributed by atoms with Gasteiger partial charge in [-0.25, -0.2) is 0 Å². The van der Waals surface area contributed by atoms with Crippen LogP contribution < -0.4 is 15.4 Å². The number of carbonyl (C=O) groups is 1. The van der Waals surface area contributed by atoms with Crippen LogP contribution in [0.5, 0.6) is 5.75 Å². The van der Waals surface area contributed by atoms with Crippen LogP contribution >= 0.6 is 12.4 Å². The molecule has 2 N–H and O–H groups in total. The van der Waals surface area contributed by atoms with E-state index in [1.807, 2.05) is 31.2 Å². The Morgan fingerprint density at radius 3 is 2.64 bits per heavy atom. The first-order chi connectivity index (χ1) is 11.6. The van der Waals surface area contributed by atoms with E-state index in [2.05, 4.69) is 24.5 Å². The van der Waals surface area contributed by atoms with Gasteiger partial charge < -0.3 is 15.4 Å². The van der Waals surface area contributed by atoms with E-state index in [0.29, 0.717) is 24.8 Å². The third-order valence-electron chi connectivity index (χ3n) is 5.07. The zero-order valence-corrected chi connectivity index (χ0v) is 16.5. The van der Waals surface area contributed by atoms with Gasteiger partial charge in [0.2, 0.25) is 5.91 Å². The van der Waals surface area contributed by atoms with Gasteiger partial charge in [0.1, 0.15) is 11.9 Å². The van der Waals surface area contributed by atoms with Crippen LogP contribution in [-0.2, 0) is 4.79 Å². The van der Waals surface area contributed by atoms with Crippen LogP contribution in [0.25, 0.3) is 0 Å². The molecule has 0 saturated carbocycles. The molecule has 0 bridgehead atoms. The summed E-state index contributed by atoms with van der Waals surface area (Å²) in [4.78, 5) is 12.3. The number of halogens is 1. The summed E-state index contributed by atoms with van der Waals surface area (Å²) in [6.45, 7) is 9.07. The first-order valence-electron chi connectivity index (χ1n) is 9.29. The van der Waals surface area contributed by atoms with Gasteiger partial charge in [-0.1, -0.05) is 32.0 Å². The molecule has 1 amide bonds. The van der Waals surface area contributed by atoms with Crippen LogP contribution in [0.3, 0.4) is 0 Å². The quantitative estimate of drug-likeness (QED) is 0.735. The number of aryl methyl sites for hydroxylation is 1. The molecule has 4 nitrogen and oxygen atoms in total. The maximum Gasteiger partial charge on any atom is 0.220 e. The third kappa shape index (κ3) is 7.25. The zero-order valence-electron chi connectivity index (χ0n) is 15.7. The van der Waals surface area contributed by atoms with Gasteiger partial charge in [-0.2, -0.15) is 0 Å². The van der Waals surface area contributed by atoms with Gasteiger partial charge in [-0.05, 0) is 62.7 Å². The first-order valence-corrected chi connectivity index (χ1v) is 9.29. The van der Waals surface area contributed by atoms with Crippen LogP contribution in [0.4, 0.5) is 0 Å². The summed E-state index contributed by atoms with van der Waals surface area (Å²) in [6.07, 6.45) is 3.87. The number of amides is 1. The molecule has 1 heterocycles. The lowest BCUT2D eigenvalue weighted by molar-refractivity contribution is -0.122. The first kappa shape index (κ1) is 21.8. The molecule has 5 heteroatoms. The predicted molar refractivity (Wildman–Crippen MR) is 106 cm³/mol. The Morgan fingerprint density at radius 2 is 2.00 bits per heavy atom. The van der Waals surface area contributed by atoms with Crippen molar-refractivity contribution in [1.82, 2.24) is 10.6 Å². The Hall–Kier alpha value is -1.26. The minimum atomic E-state index is 0. The van der Waals surface area contributed by atoms with E-state index in [-0.39, 0.29) is 24.4 Å². The van der Waals surface area contributed by atoms with E-state index in [4.69, 9.17) is 4.74 Å². The van der Waals surface area contributed by atoms with E-state index in [9.17, 15) is 4.79 Å². The van der Waals surface area contributed by atoms with Gasteiger partial charge in [-0.3, -0.25) is 4.79 Å². The molecular formula is C20H33ClN2O2. The van der Waals surface area contributed by atoms with E-state index < -0.39 is 0 Å². The van der Waals surface area contributed by atoms with Crippen molar-refractivity contribution < 1.29 is 9.53 Å². The normalized spacial score (nSPS) is 17.2. The van der Waals surface area contributed by atoms with Crippen LogP contribution in [0.2, 0.25) is 0 Å². The molecule has 25 heavy (non-hydrogen) atoms. The monoisotopic (exact) mass is 368 g/mol. The number of carbonyl (C=O) groups excluding carboxylic acids is 1. The number of benzene rings is 1. The smallest absolute Gasteiger partial charge is 0.220 e. The fraction of sp³-hybridized carbons (Fsp3) is 0.650. The largest absolute Gasteiger partial charge is 0.488 e. The van der Waals surface area contributed by atoms with Crippen molar-refractivity contribution in [1.29, 1.82) is 0 Å². The zero-order chi connectivity index (χ0) is 17.4. The number of nitrogens with one attached hydrogen (secondary N) is 2. The molecule has 0 spiro atoms. The lowest BCUT2D eigenvalue weighted by Crippen LogP contribution is -2.37. The van der Waals surface area contributed by atoms with Crippen LogP contribution in [0, 0.1) is 18.8 Å². The van der Waals surface area contributed by atoms with E-state index in [1.165, 1.54) is 12.8 Å². The second-order valence-corrected chi connectivity index (χ2v) is 6.99. The highest BCUT2D eigenvalue weighted by Gasteiger charge is 2.22. The van der Waals surface area contributed by atoms with E-state index in [1.54, 1.807) is 0 Å². The maximum atomic E-state index is 12.3. The molecule has 1 aromatic carbocycles. The molecule has 1 aliphatic heterocycles. The number of para-hydroxylation sites is 1. The Labute approximate surface area is 158 Å². The van der Waals surface area contributed by atoms with Crippen LogP contribution in [0.1, 0.15) is 45.1 Å². The van der Waals surface area contributed by atoms with Crippen molar-refractivity contribution in [2.45, 2.75) is 52.6 Å². The molecule has 2 rings (SSSR count). The summed E-state index contributed by atoms with van der Waals surface area (Å²) in [5.41, 5.74) is 1.13. The highest BCUT2D eigenvalue weighted by Crippen LogP contribution is 2.24. The lowest BCUT2D eigenvalue weighted by atomic mass is 9.84. The summed E-state index contributed by atoms with van der Waals surface area (Å²) >= 11 is 0. The molecule has 1 aliphatic rings. The molecule has 1 saturated heterocycles. The van der Waals surface area contributed by atoms with Gasteiger partial charge in [-0.15, -0.1) is 12.4 Å². The van der Waals surface area contributed by atoms with Crippen molar-refractivity contribution in [3.63, 3.8) is 0 Å². The molecular weight excluding hydrogens is 336 g/mol. The van der Waals surface area contributed by atoms with Crippen LogP contribution in [0.15, 0.2) is 24.3 Å². The summed E-state index contributed by atoms with van der Waals surface area (Å²) in [5.74, 6) is 2.17. The Bertz CT molecular complexity index is 518. The van der Waals surface area contributed by atoms with Crippen molar-refractivity contribution in [3.8, 4) is 5.75 Å². The minimum absolute atomic E-state index is 0. The third-order valence-corrected chi connectivity index (χ3v) is 5.07. The fourth-order valence-corrected chi connectivity index (χ4v) is 3.31. The summed E-state index contributed by atoms with van der Waals surface area (Å²) < 4.78 is 6.04. The van der Waals surface area contributed by atoms with E-state index >= 15 is 0 Å². The highest BCUT2D eigenvalue weighted by atomic mass is 35.5. The van der Waals surface area contributed by atoms with Crippen LogP contribution in [-0.4, -0.2) is 31.6 Å². The lowest BCUT2D eigenvalue weighted by Gasteiger charge is -2.28. The molecule has 2 atom stereocenters. The van der Waals surface area contributed by atoms with Crippen molar-refractivity contribution in [3.05, 3.63) is 29.8 Å². The number of piperidine rings is 1. The van der Waals surface area contributed by atoms with Gasteiger partial charge in [0, 0.05) is 6.42 Å². The summed E-state index contributed by atoms with van der Waals surface area (Å²) in [6, 6.07) is 8.02. The number of ether oxygens (including phenoxy) is 1. The molecule has 2 unspecified atom stereocenters. The minimum Gasteiger partial charge on any atom is -0.488 e. The fourth-order valence-electron chi connectivity index (χ4n) is 3.31. The van der Waals surface area contributed by atoms with Crippen molar-refractivity contribution in [2.24, 2.45) is 11.8 Å². The Balaban J connectivity index is 0.00000312. The average molecular weight is 369 g/mol. The summed E-state index contributed by atoms with van der Waals surface area (Å²) in [7, 11) is 0. The van der Waals surface area contributed by atoms with E-state index in [0.717, 1.165) is 30.8 Å². The molecule has 142 valence electrons. The second-order valence-electron chi connectivity index (χ2n) is 6.99. The Morgan fingerprint density at radius 1 is 1.32 bits per heavy atom. The van der Waals surface area contributed by atoms with Gasteiger partial charge in [0.25, 0.3) is 0 Å². The molecule has 0 radical (unpaired) electrons. The SMILES string of the molecule is CCC(CNC(=O)CC(C)C1CCNCC1)Oc1ccccc1C.Cl. The predicted octanol–water partition coefficient (Wildman–Crippen LogP) is 3.72. The standard InChI is InChI=1S/C20H32N2O2.ClH/c1-4-18(24-19-8-6-5-7-15(19)2)14-22-20(23)13-16(3)17-9-11-21-12-10-17;/h5-8,16-18,21H,4,9-14H2,1-3H3,(H,22,23);1H. The van der Waals surface area contributed by atoms with Crippen molar-refractivity contribution in [2.75, 3.05) is 19.6 Å². The molecule has 1 fully saturated rings. The maximum absolute atomic E-state index is 12.3. The topological polar surface area (TPSA) is 50.4 Å². The molecule has 0 aliphatic carbocycles. The van der Waals surface area contributed by atoms with Gasteiger partial charge >= 0.3 is 0 Å². The van der Waals surface area contributed by atoms with Crippen molar-refractivity contribution >= 4 is 18.3 Å². The number of hydrogen-bond donors (Lipinski definition) is 2. The summed E-state index contributed by atoms with van der Waals surface area (Å²) in [5, 5.41) is 6.45. The Kier molecular flexibility index (Phi) is 9.91. The van der Waals surface area contributed by atoms with Gasteiger partial charge in [0.15, 0.2) is 0 Å². The van der Waals surface area contributed by atoms with Gasteiger partial charge in [0.05, 0.1) is 6.54 Å². The molecule has 0 aromatic heterocycles. The average Bonchev–Trinajstić information content (AvgIpc) is 2.60. The highest BCUT2D eigenvalue weighted by molar-refractivity contribution is 5.85. The second kappa shape index (κ2) is 11.4. The number of hydrogen-bond acceptors (Lipinski definition) is 3.